The van der Waals surface area contributed by atoms with Crippen LogP contribution in [-0.4, -0.2) is 20.7 Å². The molecule has 0 aliphatic heterocycles. The molecule has 0 aliphatic carbocycles. The topological polar surface area (TPSA) is 88.7 Å². The lowest BCUT2D eigenvalue weighted by Crippen LogP contribution is -2.25. The molecule has 1 amide bonds. The zero-order valence-corrected chi connectivity index (χ0v) is 10.3. The zero-order chi connectivity index (χ0) is 13.0. The fraction of sp³-hybridized carbons (Fsp3) is 0.333. The van der Waals surface area contributed by atoms with Crippen molar-refractivity contribution in [3.8, 4) is 0 Å². The van der Waals surface area contributed by atoms with Gasteiger partial charge in [-0.05, 0) is 12.5 Å². The van der Waals surface area contributed by atoms with Crippen LogP contribution in [0.15, 0.2) is 24.7 Å². The van der Waals surface area contributed by atoms with E-state index in [1.165, 1.54) is 0 Å². The summed E-state index contributed by atoms with van der Waals surface area (Å²) in [6.45, 7) is 3.29. The van der Waals surface area contributed by atoms with Gasteiger partial charge in [0.2, 0.25) is 0 Å². The van der Waals surface area contributed by atoms with Gasteiger partial charge in [-0.25, -0.2) is 0 Å². The van der Waals surface area contributed by atoms with Crippen LogP contribution in [0.5, 0.6) is 0 Å². The molecule has 0 saturated carbocycles. The van der Waals surface area contributed by atoms with E-state index in [1.54, 1.807) is 24.7 Å². The number of aromatic amines is 1. The maximum absolute atomic E-state index is 12.0. The highest BCUT2D eigenvalue weighted by Crippen LogP contribution is 2.11. The van der Waals surface area contributed by atoms with E-state index in [1.807, 2.05) is 4.57 Å². The summed E-state index contributed by atoms with van der Waals surface area (Å²) in [5.74, 6) is -0.124. The minimum atomic E-state index is -0.124. The predicted molar refractivity (Wildman–Crippen MR) is 68.9 cm³/mol. The van der Waals surface area contributed by atoms with E-state index in [2.05, 4.69) is 22.4 Å². The van der Waals surface area contributed by atoms with Crippen molar-refractivity contribution in [1.82, 2.24) is 20.1 Å². The molecule has 4 N–H and O–H groups in total. The molecule has 6 nitrogen and oxygen atoms in total. The summed E-state index contributed by atoms with van der Waals surface area (Å²) in [6, 6.07) is 1.69. The number of hydrogen-bond donors (Lipinski definition) is 3. The largest absolute Gasteiger partial charge is 0.397 e. The molecule has 0 bridgehead atoms. The second kappa shape index (κ2) is 5.39. The summed E-state index contributed by atoms with van der Waals surface area (Å²) in [5.41, 5.74) is 7.86. The Balaban J connectivity index is 2.03. The van der Waals surface area contributed by atoms with Gasteiger partial charge in [0.1, 0.15) is 5.69 Å². The van der Waals surface area contributed by atoms with Gasteiger partial charge in [0.25, 0.3) is 5.91 Å². The molecule has 2 aromatic heterocycles. The monoisotopic (exact) mass is 247 g/mol. The third kappa shape index (κ3) is 2.71. The Morgan fingerprint density at radius 1 is 1.61 bits per heavy atom. The molecule has 6 heteroatoms. The molecule has 0 unspecified atom stereocenters. The molecule has 0 atom stereocenters. The number of rotatable bonds is 5. The van der Waals surface area contributed by atoms with Gasteiger partial charge in [-0.1, -0.05) is 6.92 Å². The van der Waals surface area contributed by atoms with Crippen LogP contribution in [0.2, 0.25) is 0 Å². The van der Waals surface area contributed by atoms with E-state index in [0.29, 0.717) is 17.9 Å². The zero-order valence-electron chi connectivity index (χ0n) is 10.3. The third-order valence-corrected chi connectivity index (χ3v) is 2.62. The van der Waals surface area contributed by atoms with E-state index in [-0.39, 0.29) is 5.91 Å². The highest BCUT2D eigenvalue weighted by atomic mass is 16.1. The predicted octanol–water partition coefficient (Wildman–Crippen LogP) is 1.13. The second-order valence-corrected chi connectivity index (χ2v) is 4.14. The summed E-state index contributed by atoms with van der Waals surface area (Å²) in [4.78, 5) is 12.0. The number of amides is 1. The fourth-order valence-electron chi connectivity index (χ4n) is 1.80. The number of nitrogens with zero attached hydrogens (tertiary/aromatic N) is 2. The van der Waals surface area contributed by atoms with Crippen LogP contribution in [0.3, 0.4) is 0 Å². The average molecular weight is 247 g/mol. The van der Waals surface area contributed by atoms with E-state index >= 15 is 0 Å². The van der Waals surface area contributed by atoms with Crippen molar-refractivity contribution < 1.29 is 4.79 Å². The number of carbonyl (C=O) groups excluding carboxylic acids is 1. The van der Waals surface area contributed by atoms with Crippen molar-refractivity contribution in [2.24, 2.45) is 0 Å². The summed E-state index contributed by atoms with van der Waals surface area (Å²) in [6.07, 6.45) is 6.17. The molecule has 0 spiro atoms. The summed E-state index contributed by atoms with van der Waals surface area (Å²) in [7, 11) is 0. The van der Waals surface area contributed by atoms with Gasteiger partial charge in [0.15, 0.2) is 0 Å². The van der Waals surface area contributed by atoms with E-state index in [9.17, 15) is 4.79 Å². The summed E-state index contributed by atoms with van der Waals surface area (Å²) in [5, 5.41) is 9.36. The lowest BCUT2D eigenvalue weighted by Gasteiger charge is -2.07. The van der Waals surface area contributed by atoms with Gasteiger partial charge in [-0.3, -0.25) is 9.89 Å². The van der Waals surface area contributed by atoms with Crippen molar-refractivity contribution in [1.29, 1.82) is 0 Å². The first-order valence-electron chi connectivity index (χ1n) is 5.92. The van der Waals surface area contributed by atoms with Gasteiger partial charge in [0, 0.05) is 31.0 Å². The fourth-order valence-corrected chi connectivity index (χ4v) is 1.80. The number of H-pyrrole nitrogens is 1. The molecular formula is C12H17N5O. The Morgan fingerprint density at radius 2 is 2.44 bits per heavy atom. The van der Waals surface area contributed by atoms with E-state index in [4.69, 9.17) is 5.73 Å². The van der Waals surface area contributed by atoms with Gasteiger partial charge >= 0.3 is 0 Å². The Kier molecular flexibility index (Phi) is 3.66. The number of nitrogen functional groups attached to an aromatic ring is 1. The van der Waals surface area contributed by atoms with Crippen LogP contribution in [0.25, 0.3) is 0 Å². The lowest BCUT2D eigenvalue weighted by atomic mass is 10.3. The second-order valence-electron chi connectivity index (χ2n) is 4.14. The van der Waals surface area contributed by atoms with Gasteiger partial charge in [0.05, 0.1) is 11.9 Å². The third-order valence-electron chi connectivity index (χ3n) is 2.62. The van der Waals surface area contributed by atoms with Crippen molar-refractivity contribution >= 4 is 11.6 Å². The Morgan fingerprint density at radius 3 is 3.11 bits per heavy atom. The quantitative estimate of drug-likeness (QED) is 0.740. The molecule has 2 aromatic rings. The molecule has 0 saturated heterocycles. The number of anilines is 1. The van der Waals surface area contributed by atoms with Crippen LogP contribution < -0.4 is 11.1 Å². The van der Waals surface area contributed by atoms with Gasteiger partial charge in [-0.2, -0.15) is 5.10 Å². The number of nitrogens with two attached hydrogens (primary N) is 1. The minimum absolute atomic E-state index is 0.124. The number of carbonyl (C=O) groups is 1. The molecule has 2 rings (SSSR count). The number of hydrogen-bond acceptors (Lipinski definition) is 3. The van der Waals surface area contributed by atoms with Crippen molar-refractivity contribution in [2.45, 2.75) is 26.4 Å². The van der Waals surface area contributed by atoms with Crippen LogP contribution in [0.4, 0.5) is 5.69 Å². The molecule has 18 heavy (non-hydrogen) atoms. The van der Waals surface area contributed by atoms with Gasteiger partial charge < -0.3 is 15.6 Å². The molecule has 96 valence electrons. The highest BCUT2D eigenvalue weighted by Gasteiger charge is 2.12. The van der Waals surface area contributed by atoms with Crippen molar-refractivity contribution in [3.63, 3.8) is 0 Å². The molecule has 0 radical (unpaired) electrons. The normalized spacial score (nSPS) is 10.5. The van der Waals surface area contributed by atoms with Crippen LogP contribution in [-0.2, 0) is 13.1 Å². The maximum Gasteiger partial charge on any atom is 0.268 e. The number of aromatic nitrogens is 3. The smallest absolute Gasteiger partial charge is 0.268 e. The first-order chi connectivity index (χ1) is 8.70. The molecular weight excluding hydrogens is 230 g/mol. The highest BCUT2D eigenvalue weighted by molar-refractivity contribution is 5.93. The van der Waals surface area contributed by atoms with Crippen LogP contribution >= 0.6 is 0 Å². The first-order valence-corrected chi connectivity index (χ1v) is 5.92. The summed E-state index contributed by atoms with van der Waals surface area (Å²) < 4.78 is 1.88. The van der Waals surface area contributed by atoms with Crippen molar-refractivity contribution in [3.05, 3.63) is 35.9 Å². The Hall–Kier alpha value is -2.24. The van der Waals surface area contributed by atoms with Crippen LogP contribution in [0, 0.1) is 0 Å². The van der Waals surface area contributed by atoms with E-state index in [0.717, 1.165) is 18.5 Å². The number of aryl methyl sites for hydroxylation is 1. The minimum Gasteiger partial charge on any atom is -0.397 e. The molecule has 0 aliphatic rings. The Labute approximate surface area is 105 Å². The SMILES string of the molecule is CCCn1cc(N)cc1C(=O)NCc1cn[nH]c1. The van der Waals surface area contributed by atoms with E-state index < -0.39 is 0 Å². The molecule has 0 aromatic carbocycles. The molecule has 0 fully saturated rings. The maximum atomic E-state index is 12.0. The van der Waals surface area contributed by atoms with Crippen molar-refractivity contribution in [2.75, 3.05) is 5.73 Å². The summed E-state index contributed by atoms with van der Waals surface area (Å²) >= 11 is 0. The number of nitrogens with one attached hydrogen (secondary N) is 2. The van der Waals surface area contributed by atoms with Gasteiger partial charge in [-0.15, -0.1) is 0 Å². The molecule has 2 heterocycles. The van der Waals surface area contributed by atoms with Crippen LogP contribution in [0.1, 0.15) is 29.4 Å². The average Bonchev–Trinajstić information content (AvgIpc) is 2.96. The standard InChI is InChI=1S/C12H17N5O/c1-2-3-17-8-10(13)4-11(17)12(18)14-5-9-6-15-16-7-9/h4,6-8H,2-3,5,13H2,1H3,(H,14,18)(H,15,16). The Bertz CT molecular complexity index is 515. The lowest BCUT2D eigenvalue weighted by molar-refractivity contribution is 0.0941. The first kappa shape index (κ1) is 12.2.